The van der Waals surface area contributed by atoms with E-state index in [9.17, 15) is 4.79 Å². The average molecular weight is 337 g/mol. The molecule has 0 radical (unpaired) electrons. The minimum atomic E-state index is -0.170. The second-order valence-corrected chi connectivity index (χ2v) is 6.58. The molecule has 106 valence electrons. The van der Waals surface area contributed by atoms with Crippen LogP contribution >= 0.6 is 15.9 Å². The Morgan fingerprint density at radius 1 is 1.45 bits per heavy atom. The molecule has 0 bridgehead atoms. The summed E-state index contributed by atoms with van der Waals surface area (Å²) in [5.41, 5.74) is 0.581. The van der Waals surface area contributed by atoms with Gasteiger partial charge in [0.15, 0.2) is 11.6 Å². The number of rotatable bonds is 3. The van der Waals surface area contributed by atoms with Crippen molar-refractivity contribution < 1.29 is 4.42 Å². The molecule has 3 rings (SSSR count). The summed E-state index contributed by atoms with van der Waals surface area (Å²) in [4.78, 5) is 19.2. The lowest BCUT2D eigenvalue weighted by atomic mass is 10.1. The Labute approximate surface area is 125 Å². The highest BCUT2D eigenvalue weighted by atomic mass is 79.9. The first-order valence-corrected chi connectivity index (χ1v) is 7.66. The molecule has 0 saturated heterocycles. The topological polar surface area (TPSA) is 58.9 Å². The zero-order valence-electron chi connectivity index (χ0n) is 11.7. The highest BCUT2D eigenvalue weighted by Crippen LogP contribution is 2.47. The number of aromatic amines is 1. The molecule has 2 aromatic heterocycles. The van der Waals surface area contributed by atoms with Crippen LogP contribution in [-0.4, -0.2) is 9.97 Å². The van der Waals surface area contributed by atoms with E-state index in [1.165, 1.54) is 6.42 Å². The van der Waals surface area contributed by atoms with E-state index in [0.717, 1.165) is 11.5 Å². The van der Waals surface area contributed by atoms with Crippen LogP contribution in [0.25, 0.3) is 11.6 Å². The third-order valence-corrected chi connectivity index (χ3v) is 4.54. The van der Waals surface area contributed by atoms with E-state index in [0.29, 0.717) is 27.9 Å². The Morgan fingerprint density at radius 2 is 2.15 bits per heavy atom. The first kappa shape index (κ1) is 13.6. The number of nitrogens with one attached hydrogen (secondary N) is 1. The molecule has 0 aromatic carbocycles. The number of halogens is 1. The molecule has 2 atom stereocenters. The van der Waals surface area contributed by atoms with Gasteiger partial charge in [-0.15, -0.1) is 0 Å². The van der Waals surface area contributed by atoms with Crippen LogP contribution in [0.1, 0.15) is 50.5 Å². The lowest BCUT2D eigenvalue weighted by Gasteiger charge is -2.07. The van der Waals surface area contributed by atoms with E-state index in [1.807, 2.05) is 26.0 Å². The van der Waals surface area contributed by atoms with Crippen molar-refractivity contribution >= 4 is 15.9 Å². The van der Waals surface area contributed by atoms with E-state index in [-0.39, 0.29) is 11.5 Å². The van der Waals surface area contributed by atoms with Crippen LogP contribution in [0.15, 0.2) is 25.8 Å². The summed E-state index contributed by atoms with van der Waals surface area (Å²) < 4.78 is 6.34. The Bertz CT molecular complexity index is 702. The van der Waals surface area contributed by atoms with Crippen LogP contribution in [0.2, 0.25) is 0 Å². The van der Waals surface area contributed by atoms with E-state index < -0.39 is 0 Å². The monoisotopic (exact) mass is 336 g/mol. The number of hydrogen-bond acceptors (Lipinski definition) is 3. The van der Waals surface area contributed by atoms with Gasteiger partial charge in [-0.1, -0.05) is 20.8 Å². The van der Waals surface area contributed by atoms with Crippen molar-refractivity contribution in [2.75, 3.05) is 0 Å². The number of furan rings is 1. The standard InChI is InChI=1S/C15H17BrN2O2/c1-7(2)13-12(16)15(19)18-14(17-13)11-5-4-10(20-11)9-6-8(9)3/h4-5,7-9H,6H2,1-3H3,(H,17,18,19). The minimum Gasteiger partial charge on any atom is -0.458 e. The lowest BCUT2D eigenvalue weighted by molar-refractivity contribution is 0.514. The first-order chi connectivity index (χ1) is 9.47. The maximum absolute atomic E-state index is 12.0. The van der Waals surface area contributed by atoms with E-state index in [1.54, 1.807) is 0 Å². The van der Waals surface area contributed by atoms with Gasteiger partial charge in [0.2, 0.25) is 0 Å². The number of hydrogen-bond donors (Lipinski definition) is 1. The van der Waals surface area contributed by atoms with Crippen LogP contribution in [0, 0.1) is 5.92 Å². The molecule has 0 aliphatic heterocycles. The van der Waals surface area contributed by atoms with Crippen molar-refractivity contribution in [3.63, 3.8) is 0 Å². The molecule has 0 amide bonds. The van der Waals surface area contributed by atoms with Crippen molar-refractivity contribution in [2.24, 2.45) is 5.92 Å². The van der Waals surface area contributed by atoms with Gasteiger partial charge >= 0.3 is 0 Å². The molecule has 20 heavy (non-hydrogen) atoms. The maximum atomic E-state index is 12.0. The Balaban J connectivity index is 2.01. The molecule has 4 nitrogen and oxygen atoms in total. The van der Waals surface area contributed by atoms with Gasteiger partial charge in [0, 0.05) is 5.92 Å². The van der Waals surface area contributed by atoms with Crippen molar-refractivity contribution in [3.05, 3.63) is 38.4 Å². The molecule has 2 aromatic rings. The van der Waals surface area contributed by atoms with Gasteiger partial charge in [0.25, 0.3) is 5.56 Å². The number of H-pyrrole nitrogens is 1. The average Bonchev–Trinajstić information content (AvgIpc) is 2.93. The number of nitrogens with zero attached hydrogens (tertiary/aromatic N) is 1. The quantitative estimate of drug-likeness (QED) is 0.920. The predicted octanol–water partition coefficient (Wildman–Crippen LogP) is 4.04. The SMILES string of the molecule is CC(C)c1nc(-c2ccc(C3CC3C)o2)[nH]c(=O)c1Br. The summed E-state index contributed by atoms with van der Waals surface area (Å²) >= 11 is 3.30. The fraction of sp³-hybridized carbons (Fsp3) is 0.467. The van der Waals surface area contributed by atoms with Crippen LogP contribution in [0.4, 0.5) is 0 Å². The van der Waals surface area contributed by atoms with Crippen molar-refractivity contribution in [1.82, 2.24) is 9.97 Å². The summed E-state index contributed by atoms with van der Waals surface area (Å²) in [6, 6.07) is 3.87. The highest BCUT2D eigenvalue weighted by Gasteiger charge is 2.36. The lowest BCUT2D eigenvalue weighted by Crippen LogP contribution is -2.14. The van der Waals surface area contributed by atoms with Gasteiger partial charge < -0.3 is 9.40 Å². The van der Waals surface area contributed by atoms with Gasteiger partial charge in [-0.25, -0.2) is 4.98 Å². The van der Waals surface area contributed by atoms with Gasteiger partial charge in [-0.3, -0.25) is 4.79 Å². The zero-order chi connectivity index (χ0) is 14.4. The summed E-state index contributed by atoms with van der Waals surface area (Å²) in [5, 5.41) is 0. The zero-order valence-corrected chi connectivity index (χ0v) is 13.3. The molecule has 5 heteroatoms. The molecule has 1 aliphatic rings. The third-order valence-electron chi connectivity index (χ3n) is 3.77. The van der Waals surface area contributed by atoms with Gasteiger partial charge in [-0.2, -0.15) is 0 Å². The Morgan fingerprint density at radius 3 is 2.75 bits per heavy atom. The smallest absolute Gasteiger partial charge is 0.265 e. The summed E-state index contributed by atoms with van der Waals surface area (Å²) in [7, 11) is 0. The summed E-state index contributed by atoms with van der Waals surface area (Å²) in [5.74, 6) is 3.51. The predicted molar refractivity (Wildman–Crippen MR) is 80.9 cm³/mol. The maximum Gasteiger partial charge on any atom is 0.265 e. The van der Waals surface area contributed by atoms with E-state index in [2.05, 4.69) is 32.8 Å². The third kappa shape index (κ3) is 2.35. The first-order valence-electron chi connectivity index (χ1n) is 6.87. The molecule has 1 N–H and O–H groups in total. The summed E-state index contributed by atoms with van der Waals surface area (Å²) in [6.07, 6.45) is 1.18. The second kappa shape index (κ2) is 4.88. The van der Waals surface area contributed by atoms with Gasteiger partial charge in [0.05, 0.1) is 5.69 Å². The Hall–Kier alpha value is -1.36. The van der Waals surface area contributed by atoms with Crippen LogP contribution in [-0.2, 0) is 0 Å². The van der Waals surface area contributed by atoms with E-state index in [4.69, 9.17) is 4.42 Å². The van der Waals surface area contributed by atoms with Gasteiger partial charge in [0.1, 0.15) is 10.2 Å². The molecule has 1 saturated carbocycles. The van der Waals surface area contributed by atoms with Crippen molar-refractivity contribution in [2.45, 2.75) is 39.0 Å². The second-order valence-electron chi connectivity index (χ2n) is 5.79. The fourth-order valence-electron chi connectivity index (χ4n) is 2.37. The van der Waals surface area contributed by atoms with Gasteiger partial charge in [-0.05, 0) is 46.3 Å². The normalized spacial score (nSPS) is 21.4. The minimum absolute atomic E-state index is 0.170. The van der Waals surface area contributed by atoms with Crippen molar-refractivity contribution in [1.29, 1.82) is 0 Å². The molecule has 1 aliphatic carbocycles. The molecule has 2 heterocycles. The fourth-order valence-corrected chi connectivity index (χ4v) is 3.02. The largest absolute Gasteiger partial charge is 0.458 e. The highest BCUT2D eigenvalue weighted by molar-refractivity contribution is 9.10. The molecule has 1 fully saturated rings. The molecular formula is C15H17BrN2O2. The van der Waals surface area contributed by atoms with Crippen LogP contribution in [0.5, 0.6) is 0 Å². The van der Waals surface area contributed by atoms with E-state index >= 15 is 0 Å². The molecular weight excluding hydrogens is 320 g/mol. The molecule has 2 unspecified atom stereocenters. The van der Waals surface area contributed by atoms with Crippen LogP contribution < -0.4 is 5.56 Å². The molecule has 0 spiro atoms. The van der Waals surface area contributed by atoms with Crippen molar-refractivity contribution in [3.8, 4) is 11.6 Å². The van der Waals surface area contributed by atoms with Crippen LogP contribution in [0.3, 0.4) is 0 Å². The number of aromatic nitrogens is 2. The summed E-state index contributed by atoms with van der Waals surface area (Å²) in [6.45, 7) is 6.23. The Kier molecular flexibility index (Phi) is 3.32.